The van der Waals surface area contributed by atoms with Gasteiger partial charge in [-0.15, -0.1) is 0 Å². The molecule has 0 rings (SSSR count). The van der Waals surface area contributed by atoms with Gasteiger partial charge in [0, 0.05) is 26.5 Å². The number of sulfone groups is 1. The molecule has 0 aliphatic carbocycles. The molecule has 5 nitrogen and oxygen atoms in total. The van der Waals surface area contributed by atoms with Gasteiger partial charge >= 0.3 is 0 Å². The first-order valence-electron chi connectivity index (χ1n) is 6.23. The van der Waals surface area contributed by atoms with Crippen LogP contribution >= 0.6 is 12.6 Å². The van der Waals surface area contributed by atoms with Crippen molar-refractivity contribution in [3.63, 3.8) is 0 Å². The van der Waals surface area contributed by atoms with E-state index in [-0.39, 0.29) is 28.6 Å². The average molecular weight is 311 g/mol. The van der Waals surface area contributed by atoms with Gasteiger partial charge < -0.3 is 9.64 Å². The number of hydrogen-bond donors (Lipinski definition) is 1. The Labute approximate surface area is 122 Å². The minimum atomic E-state index is -3.12. The number of rotatable bonds is 8. The summed E-state index contributed by atoms with van der Waals surface area (Å²) in [5.41, 5.74) is 0. The second-order valence-electron chi connectivity index (χ2n) is 5.12. The summed E-state index contributed by atoms with van der Waals surface area (Å²) in [5, 5.41) is -0.179. The fourth-order valence-corrected chi connectivity index (χ4v) is 4.11. The number of amides is 1. The molecule has 1 amide bonds. The first-order chi connectivity index (χ1) is 8.60. The number of ether oxygens (including phenoxy) is 1. The van der Waals surface area contributed by atoms with E-state index in [4.69, 9.17) is 4.74 Å². The third-order valence-electron chi connectivity index (χ3n) is 2.83. The van der Waals surface area contributed by atoms with E-state index in [1.165, 1.54) is 12.0 Å². The topological polar surface area (TPSA) is 63.7 Å². The quantitative estimate of drug-likeness (QED) is 0.675. The van der Waals surface area contributed by atoms with Gasteiger partial charge in [0.2, 0.25) is 0 Å². The van der Waals surface area contributed by atoms with E-state index in [1.807, 2.05) is 6.92 Å². The van der Waals surface area contributed by atoms with Gasteiger partial charge in [-0.25, -0.2) is 8.42 Å². The zero-order valence-corrected chi connectivity index (χ0v) is 14.0. The highest BCUT2D eigenvalue weighted by atomic mass is 32.2. The molecule has 0 N–H and O–H groups in total. The van der Waals surface area contributed by atoms with E-state index < -0.39 is 15.9 Å². The highest BCUT2D eigenvalue weighted by Crippen LogP contribution is 2.15. The molecule has 0 bridgehead atoms. The van der Waals surface area contributed by atoms with Gasteiger partial charge in [0.15, 0.2) is 9.84 Å². The van der Waals surface area contributed by atoms with Crippen molar-refractivity contribution in [3.8, 4) is 0 Å². The molecule has 0 saturated heterocycles. The SMILES string of the molecule is COC(C(=O)N(C)C)C(C)CCS(=O)(=O)CC(C)S. The Kier molecular flexibility index (Phi) is 8.00. The molecule has 0 heterocycles. The van der Waals surface area contributed by atoms with Crippen LogP contribution in [0.25, 0.3) is 0 Å². The lowest BCUT2D eigenvalue weighted by Gasteiger charge is -2.24. The second kappa shape index (κ2) is 8.11. The predicted octanol–water partition coefficient (Wildman–Crippen LogP) is 0.849. The molecule has 0 fully saturated rings. The molecule has 19 heavy (non-hydrogen) atoms. The van der Waals surface area contributed by atoms with Gasteiger partial charge in [-0.3, -0.25) is 4.79 Å². The van der Waals surface area contributed by atoms with Gasteiger partial charge in [-0.1, -0.05) is 13.8 Å². The molecule has 0 aliphatic heterocycles. The Hall–Kier alpha value is -0.270. The van der Waals surface area contributed by atoms with Crippen LogP contribution in [-0.4, -0.2) is 63.3 Å². The Morgan fingerprint density at radius 2 is 1.84 bits per heavy atom. The minimum Gasteiger partial charge on any atom is -0.371 e. The maximum absolute atomic E-state index is 11.9. The highest BCUT2D eigenvalue weighted by molar-refractivity contribution is 7.92. The van der Waals surface area contributed by atoms with Crippen LogP contribution in [0.15, 0.2) is 0 Å². The van der Waals surface area contributed by atoms with E-state index >= 15 is 0 Å². The zero-order chi connectivity index (χ0) is 15.2. The van der Waals surface area contributed by atoms with Crippen molar-refractivity contribution in [2.45, 2.75) is 31.6 Å². The van der Waals surface area contributed by atoms with E-state index in [0.717, 1.165) is 0 Å². The van der Waals surface area contributed by atoms with Crippen molar-refractivity contribution in [3.05, 3.63) is 0 Å². The largest absolute Gasteiger partial charge is 0.371 e. The van der Waals surface area contributed by atoms with E-state index in [2.05, 4.69) is 12.6 Å². The third-order valence-corrected chi connectivity index (χ3v) is 5.13. The summed E-state index contributed by atoms with van der Waals surface area (Å²) in [6.45, 7) is 3.58. The molecule has 0 aliphatic rings. The summed E-state index contributed by atoms with van der Waals surface area (Å²) in [6.07, 6.45) is -0.195. The number of carbonyl (C=O) groups is 1. The molecule has 0 aromatic heterocycles. The molecule has 0 radical (unpaired) electrons. The normalized spacial score (nSPS) is 16.7. The maximum atomic E-state index is 11.9. The number of carbonyl (C=O) groups excluding carboxylic acids is 1. The second-order valence-corrected chi connectivity index (χ2v) is 8.23. The first-order valence-corrected chi connectivity index (χ1v) is 8.57. The molecule has 0 aromatic rings. The lowest BCUT2D eigenvalue weighted by atomic mass is 10.0. The summed E-state index contributed by atoms with van der Waals surface area (Å²) in [7, 11) is 1.65. The zero-order valence-electron chi connectivity index (χ0n) is 12.3. The monoisotopic (exact) mass is 311 g/mol. The van der Waals surface area contributed by atoms with Crippen molar-refractivity contribution in [1.82, 2.24) is 4.90 Å². The lowest BCUT2D eigenvalue weighted by Crippen LogP contribution is -2.39. The van der Waals surface area contributed by atoms with Crippen molar-refractivity contribution in [1.29, 1.82) is 0 Å². The van der Waals surface area contributed by atoms with Crippen LogP contribution in [0.1, 0.15) is 20.3 Å². The summed E-state index contributed by atoms with van der Waals surface area (Å²) in [4.78, 5) is 13.3. The van der Waals surface area contributed by atoms with E-state index in [0.29, 0.717) is 6.42 Å². The maximum Gasteiger partial charge on any atom is 0.251 e. The molecule has 0 saturated carbocycles. The lowest BCUT2D eigenvalue weighted by molar-refractivity contribution is -0.142. The molecule has 3 atom stereocenters. The number of nitrogens with zero attached hydrogens (tertiary/aromatic N) is 1. The van der Waals surface area contributed by atoms with Crippen LogP contribution in [0.2, 0.25) is 0 Å². The first kappa shape index (κ1) is 18.7. The highest BCUT2D eigenvalue weighted by Gasteiger charge is 2.27. The fraction of sp³-hybridized carbons (Fsp3) is 0.917. The summed E-state index contributed by atoms with van der Waals surface area (Å²) in [6, 6.07) is 0. The summed E-state index contributed by atoms with van der Waals surface area (Å²) >= 11 is 4.09. The van der Waals surface area contributed by atoms with Crippen LogP contribution in [0.3, 0.4) is 0 Å². The molecule has 114 valence electrons. The van der Waals surface area contributed by atoms with Crippen LogP contribution < -0.4 is 0 Å². The number of methoxy groups -OCH3 is 1. The Bertz CT molecular complexity index is 379. The molecular weight excluding hydrogens is 286 g/mol. The molecule has 0 aromatic carbocycles. The van der Waals surface area contributed by atoms with Gasteiger partial charge in [-0.05, 0) is 12.3 Å². The van der Waals surface area contributed by atoms with E-state index in [1.54, 1.807) is 21.0 Å². The number of thiol groups is 1. The predicted molar refractivity (Wildman–Crippen MR) is 80.4 cm³/mol. The van der Waals surface area contributed by atoms with Crippen LogP contribution in [0.5, 0.6) is 0 Å². The van der Waals surface area contributed by atoms with Gasteiger partial charge in [0.1, 0.15) is 6.10 Å². The Morgan fingerprint density at radius 3 is 2.21 bits per heavy atom. The number of likely N-dealkylation sites (N-methyl/N-ethyl adjacent to an activating group) is 1. The van der Waals surface area contributed by atoms with Crippen molar-refractivity contribution >= 4 is 28.4 Å². The smallest absolute Gasteiger partial charge is 0.251 e. The fourth-order valence-electron chi connectivity index (χ4n) is 1.80. The van der Waals surface area contributed by atoms with Crippen LogP contribution in [0, 0.1) is 5.92 Å². The average Bonchev–Trinajstić information content (AvgIpc) is 2.25. The Morgan fingerprint density at radius 1 is 1.32 bits per heavy atom. The van der Waals surface area contributed by atoms with Crippen LogP contribution in [0.4, 0.5) is 0 Å². The molecular formula is C12H25NO4S2. The van der Waals surface area contributed by atoms with Crippen molar-refractivity contribution < 1.29 is 17.9 Å². The molecule has 0 spiro atoms. The molecule has 3 unspecified atom stereocenters. The van der Waals surface area contributed by atoms with Gasteiger partial charge in [-0.2, -0.15) is 12.6 Å². The van der Waals surface area contributed by atoms with E-state index in [9.17, 15) is 13.2 Å². The Balaban J connectivity index is 4.52. The van der Waals surface area contributed by atoms with Gasteiger partial charge in [0.25, 0.3) is 5.91 Å². The molecule has 7 heteroatoms. The summed E-state index contributed by atoms with van der Waals surface area (Å²) in [5.74, 6) is -0.179. The number of hydrogen-bond acceptors (Lipinski definition) is 5. The standard InChI is InChI=1S/C12H25NO4S2/c1-9(11(17-5)12(14)13(3)4)6-7-19(15,16)8-10(2)18/h9-11,18H,6-8H2,1-5H3. The minimum absolute atomic E-state index is 0.0552. The van der Waals surface area contributed by atoms with Crippen LogP contribution in [-0.2, 0) is 19.4 Å². The van der Waals surface area contributed by atoms with Crippen molar-refractivity contribution in [2.24, 2.45) is 5.92 Å². The van der Waals surface area contributed by atoms with Crippen molar-refractivity contribution in [2.75, 3.05) is 32.7 Å². The van der Waals surface area contributed by atoms with Gasteiger partial charge in [0.05, 0.1) is 11.5 Å². The third kappa shape index (κ3) is 7.17. The summed E-state index contributed by atoms with van der Waals surface area (Å²) < 4.78 is 28.7.